The molecule has 0 aliphatic heterocycles. The van der Waals surface area contributed by atoms with Crippen molar-refractivity contribution in [3.05, 3.63) is 11.9 Å². The van der Waals surface area contributed by atoms with Gasteiger partial charge in [-0.25, -0.2) is 9.97 Å². The first-order valence-corrected chi connectivity index (χ1v) is 5.56. The number of hydrogen-bond acceptors (Lipinski definition) is 5. The highest BCUT2D eigenvalue weighted by Crippen LogP contribution is 2.15. The van der Waals surface area contributed by atoms with E-state index in [0.29, 0.717) is 17.5 Å². The van der Waals surface area contributed by atoms with Gasteiger partial charge in [-0.15, -0.1) is 0 Å². The maximum absolute atomic E-state index is 11.4. The SMILES string of the molecule is CNC(=O)C(C)Nc1cc(N)nc(C(C)C)n1. The summed E-state index contributed by atoms with van der Waals surface area (Å²) in [7, 11) is 1.59. The lowest BCUT2D eigenvalue weighted by Crippen LogP contribution is -2.35. The molecule has 0 spiro atoms. The molecule has 4 N–H and O–H groups in total. The zero-order chi connectivity index (χ0) is 13.0. The number of nitrogens with two attached hydrogens (primary N) is 1. The molecule has 1 aromatic rings. The standard InChI is InChI=1S/C11H19N5O/c1-6(2)10-15-8(12)5-9(16-10)14-7(3)11(17)13-4/h5-7H,1-4H3,(H,13,17)(H3,12,14,15,16). The predicted octanol–water partition coefficient (Wildman–Crippen LogP) is 0.729. The second-order valence-electron chi connectivity index (χ2n) is 4.17. The Balaban J connectivity index is 2.87. The first-order valence-electron chi connectivity index (χ1n) is 5.56. The molecule has 6 heteroatoms. The first-order chi connectivity index (χ1) is 7.93. The number of carbonyl (C=O) groups is 1. The van der Waals surface area contributed by atoms with E-state index >= 15 is 0 Å². The zero-order valence-corrected chi connectivity index (χ0v) is 10.6. The van der Waals surface area contributed by atoms with Crippen LogP contribution in [0.4, 0.5) is 11.6 Å². The van der Waals surface area contributed by atoms with Crippen LogP contribution in [0.5, 0.6) is 0 Å². The van der Waals surface area contributed by atoms with Crippen LogP contribution in [-0.4, -0.2) is 29.0 Å². The average Bonchev–Trinajstić information content (AvgIpc) is 2.26. The molecule has 17 heavy (non-hydrogen) atoms. The van der Waals surface area contributed by atoms with Crippen LogP contribution >= 0.6 is 0 Å². The second kappa shape index (κ2) is 5.47. The molecule has 1 amide bonds. The summed E-state index contributed by atoms with van der Waals surface area (Å²) in [6, 6.07) is 1.25. The van der Waals surface area contributed by atoms with Crippen molar-refractivity contribution in [3.8, 4) is 0 Å². The van der Waals surface area contributed by atoms with Crippen LogP contribution in [0.2, 0.25) is 0 Å². The zero-order valence-electron chi connectivity index (χ0n) is 10.6. The molecular formula is C11H19N5O. The van der Waals surface area contributed by atoms with Crippen molar-refractivity contribution < 1.29 is 4.79 Å². The molecule has 0 fully saturated rings. The van der Waals surface area contributed by atoms with E-state index in [1.54, 1.807) is 20.0 Å². The summed E-state index contributed by atoms with van der Waals surface area (Å²) in [6.45, 7) is 5.73. The Labute approximate surface area is 101 Å². The van der Waals surface area contributed by atoms with Gasteiger partial charge in [0.05, 0.1) is 0 Å². The van der Waals surface area contributed by atoms with E-state index < -0.39 is 0 Å². The van der Waals surface area contributed by atoms with E-state index in [-0.39, 0.29) is 17.9 Å². The smallest absolute Gasteiger partial charge is 0.241 e. The van der Waals surface area contributed by atoms with Gasteiger partial charge in [-0.3, -0.25) is 4.79 Å². The third kappa shape index (κ3) is 3.58. The molecular weight excluding hydrogens is 218 g/mol. The van der Waals surface area contributed by atoms with Crippen molar-refractivity contribution in [1.29, 1.82) is 0 Å². The maximum Gasteiger partial charge on any atom is 0.241 e. The minimum absolute atomic E-state index is 0.103. The quantitative estimate of drug-likeness (QED) is 0.717. The van der Waals surface area contributed by atoms with Crippen molar-refractivity contribution in [1.82, 2.24) is 15.3 Å². The highest BCUT2D eigenvalue weighted by Gasteiger charge is 2.13. The fourth-order valence-corrected chi connectivity index (χ4v) is 1.32. The van der Waals surface area contributed by atoms with Crippen LogP contribution in [-0.2, 0) is 4.79 Å². The summed E-state index contributed by atoms with van der Waals surface area (Å²) in [5.74, 6) is 1.71. The minimum atomic E-state index is -0.366. The number of hydrogen-bond donors (Lipinski definition) is 3. The van der Waals surface area contributed by atoms with Crippen molar-refractivity contribution >= 4 is 17.5 Å². The van der Waals surface area contributed by atoms with Crippen molar-refractivity contribution in [2.24, 2.45) is 0 Å². The van der Waals surface area contributed by atoms with E-state index in [9.17, 15) is 4.79 Å². The summed E-state index contributed by atoms with van der Waals surface area (Å²) in [5, 5.41) is 5.55. The van der Waals surface area contributed by atoms with Crippen molar-refractivity contribution in [2.75, 3.05) is 18.1 Å². The largest absolute Gasteiger partial charge is 0.384 e. The summed E-state index contributed by atoms with van der Waals surface area (Å²) in [4.78, 5) is 19.8. The lowest BCUT2D eigenvalue weighted by molar-refractivity contribution is -0.121. The van der Waals surface area contributed by atoms with Gasteiger partial charge in [-0.1, -0.05) is 13.8 Å². The fourth-order valence-electron chi connectivity index (χ4n) is 1.32. The number of nitrogens with zero attached hydrogens (tertiary/aromatic N) is 2. The maximum atomic E-state index is 11.4. The van der Waals surface area contributed by atoms with Gasteiger partial charge in [-0.2, -0.15) is 0 Å². The summed E-state index contributed by atoms with van der Waals surface area (Å²) in [5.41, 5.74) is 5.69. The van der Waals surface area contributed by atoms with Gasteiger partial charge in [0.1, 0.15) is 23.5 Å². The summed E-state index contributed by atoms with van der Waals surface area (Å²) in [6.07, 6.45) is 0. The van der Waals surface area contributed by atoms with Crippen molar-refractivity contribution in [3.63, 3.8) is 0 Å². The van der Waals surface area contributed by atoms with Crippen LogP contribution < -0.4 is 16.4 Å². The van der Waals surface area contributed by atoms with Gasteiger partial charge in [0, 0.05) is 19.0 Å². The van der Waals surface area contributed by atoms with Gasteiger partial charge in [0.15, 0.2) is 0 Å². The third-order valence-corrected chi connectivity index (χ3v) is 2.28. The number of aromatic nitrogens is 2. The van der Waals surface area contributed by atoms with Gasteiger partial charge in [0.25, 0.3) is 0 Å². The molecule has 0 aromatic carbocycles. The second-order valence-corrected chi connectivity index (χ2v) is 4.17. The molecule has 1 unspecified atom stereocenters. The molecule has 6 nitrogen and oxygen atoms in total. The van der Waals surface area contributed by atoms with E-state index in [4.69, 9.17) is 5.73 Å². The Hall–Kier alpha value is -1.85. The molecule has 0 radical (unpaired) electrons. The molecule has 1 heterocycles. The summed E-state index contributed by atoms with van der Waals surface area (Å²) < 4.78 is 0. The van der Waals surface area contributed by atoms with Gasteiger partial charge >= 0.3 is 0 Å². The Morgan fingerprint density at radius 2 is 2.00 bits per heavy atom. The molecule has 1 atom stereocenters. The normalized spacial score (nSPS) is 12.3. The van der Waals surface area contributed by atoms with Gasteiger partial charge in [0.2, 0.25) is 5.91 Å². The molecule has 1 aromatic heterocycles. The Morgan fingerprint density at radius 3 is 2.53 bits per heavy atom. The molecule has 0 saturated carbocycles. The van der Waals surface area contributed by atoms with Gasteiger partial charge in [-0.05, 0) is 6.92 Å². The lowest BCUT2D eigenvalue weighted by Gasteiger charge is -2.14. The molecule has 0 bridgehead atoms. The van der Waals surface area contributed by atoms with Crippen molar-refractivity contribution in [2.45, 2.75) is 32.7 Å². The van der Waals surface area contributed by atoms with Crippen LogP contribution in [0.15, 0.2) is 6.07 Å². The monoisotopic (exact) mass is 237 g/mol. The van der Waals surface area contributed by atoms with E-state index in [1.165, 1.54) is 0 Å². The predicted molar refractivity (Wildman–Crippen MR) is 67.7 cm³/mol. The van der Waals surface area contributed by atoms with E-state index in [1.807, 2.05) is 13.8 Å². The average molecular weight is 237 g/mol. The number of carbonyl (C=O) groups excluding carboxylic acids is 1. The fraction of sp³-hybridized carbons (Fsp3) is 0.545. The highest BCUT2D eigenvalue weighted by atomic mass is 16.2. The van der Waals surface area contributed by atoms with Crippen LogP contribution in [0.1, 0.15) is 32.5 Å². The number of nitrogens with one attached hydrogen (secondary N) is 2. The number of amides is 1. The highest BCUT2D eigenvalue weighted by molar-refractivity contribution is 5.83. The number of nitrogen functional groups attached to an aromatic ring is 1. The van der Waals surface area contributed by atoms with E-state index in [0.717, 1.165) is 0 Å². The third-order valence-electron chi connectivity index (χ3n) is 2.28. The minimum Gasteiger partial charge on any atom is -0.384 e. The number of anilines is 2. The molecule has 0 aliphatic rings. The van der Waals surface area contributed by atoms with Crippen LogP contribution in [0.25, 0.3) is 0 Å². The Morgan fingerprint density at radius 1 is 1.35 bits per heavy atom. The Bertz CT molecular complexity index is 405. The topological polar surface area (TPSA) is 92.9 Å². The molecule has 0 aliphatic carbocycles. The molecule has 0 saturated heterocycles. The van der Waals surface area contributed by atoms with E-state index in [2.05, 4.69) is 20.6 Å². The Kier molecular flexibility index (Phi) is 4.25. The number of rotatable bonds is 4. The molecule has 1 rings (SSSR count). The van der Waals surface area contributed by atoms with Crippen LogP contribution in [0, 0.1) is 0 Å². The summed E-state index contributed by atoms with van der Waals surface area (Å²) >= 11 is 0. The van der Waals surface area contributed by atoms with Gasteiger partial charge < -0.3 is 16.4 Å². The first kappa shape index (κ1) is 13.2. The lowest BCUT2D eigenvalue weighted by atomic mass is 10.2. The number of likely N-dealkylation sites (N-methyl/N-ethyl adjacent to an activating group) is 1. The van der Waals surface area contributed by atoms with Crippen LogP contribution in [0.3, 0.4) is 0 Å². The molecule has 94 valence electrons.